The molecule has 100 valence electrons. The lowest BCUT2D eigenvalue weighted by atomic mass is 10.2. The molecule has 1 aromatic rings. The van der Waals surface area contributed by atoms with Crippen molar-refractivity contribution in [2.75, 3.05) is 24.3 Å². The second kappa shape index (κ2) is 5.67. The highest BCUT2D eigenvalue weighted by atomic mass is 19.4. The second-order valence-corrected chi connectivity index (χ2v) is 3.39. The van der Waals surface area contributed by atoms with Crippen LogP contribution in [0.15, 0.2) is 18.2 Å². The third-order valence-corrected chi connectivity index (χ3v) is 1.78. The fourth-order valence-corrected chi connectivity index (χ4v) is 1.08. The van der Waals surface area contributed by atoms with Gasteiger partial charge in [-0.2, -0.15) is 13.2 Å². The van der Waals surface area contributed by atoms with Crippen molar-refractivity contribution in [2.45, 2.75) is 6.18 Å². The number of alkyl halides is 3. The number of rotatable bonds is 4. The molecule has 0 saturated heterocycles. The SMILES string of the molecule is Nc1cc(NC(=O)COCC(F)(F)F)ccc1F. The van der Waals surface area contributed by atoms with Crippen LogP contribution < -0.4 is 11.1 Å². The van der Waals surface area contributed by atoms with Crippen molar-refractivity contribution in [3.63, 3.8) is 0 Å². The summed E-state index contributed by atoms with van der Waals surface area (Å²) in [5.74, 6) is -1.44. The molecule has 0 saturated carbocycles. The predicted octanol–water partition coefficient (Wildman–Crippen LogP) is 1.93. The molecule has 1 aromatic carbocycles. The van der Waals surface area contributed by atoms with Gasteiger partial charge in [-0.15, -0.1) is 0 Å². The molecule has 0 aliphatic rings. The van der Waals surface area contributed by atoms with Crippen molar-refractivity contribution in [3.05, 3.63) is 24.0 Å². The van der Waals surface area contributed by atoms with Crippen LogP contribution >= 0.6 is 0 Å². The van der Waals surface area contributed by atoms with Crippen LogP contribution in [0, 0.1) is 5.82 Å². The summed E-state index contributed by atoms with van der Waals surface area (Å²) in [6, 6.07) is 3.41. The molecule has 18 heavy (non-hydrogen) atoms. The van der Waals surface area contributed by atoms with Gasteiger partial charge in [0.15, 0.2) is 0 Å². The van der Waals surface area contributed by atoms with Gasteiger partial charge in [0.25, 0.3) is 0 Å². The highest BCUT2D eigenvalue weighted by Crippen LogP contribution is 2.16. The topological polar surface area (TPSA) is 64.3 Å². The minimum Gasteiger partial charge on any atom is -0.396 e. The lowest BCUT2D eigenvalue weighted by Crippen LogP contribution is -2.24. The van der Waals surface area contributed by atoms with Crippen LogP contribution in [-0.2, 0) is 9.53 Å². The maximum Gasteiger partial charge on any atom is 0.411 e. The van der Waals surface area contributed by atoms with E-state index in [0.29, 0.717) is 0 Å². The van der Waals surface area contributed by atoms with E-state index in [2.05, 4.69) is 10.1 Å². The van der Waals surface area contributed by atoms with Crippen LogP contribution in [-0.4, -0.2) is 25.3 Å². The number of halogens is 4. The molecule has 0 aliphatic heterocycles. The smallest absolute Gasteiger partial charge is 0.396 e. The van der Waals surface area contributed by atoms with E-state index < -0.39 is 31.1 Å². The van der Waals surface area contributed by atoms with Gasteiger partial charge in [0, 0.05) is 5.69 Å². The molecule has 0 atom stereocenters. The Hall–Kier alpha value is -1.83. The molecular formula is C10H10F4N2O2. The molecule has 1 amide bonds. The van der Waals surface area contributed by atoms with Gasteiger partial charge >= 0.3 is 6.18 Å². The zero-order valence-corrected chi connectivity index (χ0v) is 9.05. The monoisotopic (exact) mass is 266 g/mol. The minimum absolute atomic E-state index is 0.175. The van der Waals surface area contributed by atoms with Crippen LogP contribution in [0.5, 0.6) is 0 Å². The summed E-state index contributed by atoms with van der Waals surface area (Å²) in [4.78, 5) is 11.2. The number of benzene rings is 1. The fraction of sp³-hybridized carbons (Fsp3) is 0.300. The Bertz CT molecular complexity index is 434. The van der Waals surface area contributed by atoms with Gasteiger partial charge in [-0.05, 0) is 18.2 Å². The molecule has 4 nitrogen and oxygen atoms in total. The Balaban J connectivity index is 2.42. The van der Waals surface area contributed by atoms with Gasteiger partial charge in [-0.3, -0.25) is 4.79 Å². The third-order valence-electron chi connectivity index (χ3n) is 1.78. The normalized spacial score (nSPS) is 11.3. The first-order valence-corrected chi connectivity index (χ1v) is 4.77. The highest BCUT2D eigenvalue weighted by Gasteiger charge is 2.27. The summed E-state index contributed by atoms with van der Waals surface area (Å²) in [6.07, 6.45) is -4.49. The Morgan fingerprint density at radius 2 is 2.06 bits per heavy atom. The van der Waals surface area contributed by atoms with Crippen molar-refractivity contribution >= 4 is 17.3 Å². The summed E-state index contributed by atoms with van der Waals surface area (Å²) in [6.45, 7) is -2.26. The quantitative estimate of drug-likeness (QED) is 0.646. The molecule has 0 radical (unpaired) electrons. The number of carbonyl (C=O) groups is 1. The minimum atomic E-state index is -4.49. The van der Waals surface area contributed by atoms with Gasteiger partial charge in [-0.1, -0.05) is 0 Å². The van der Waals surface area contributed by atoms with Gasteiger partial charge in [0.2, 0.25) is 5.91 Å². The number of amides is 1. The number of anilines is 2. The molecule has 0 spiro atoms. The van der Waals surface area contributed by atoms with Gasteiger partial charge in [0.1, 0.15) is 19.0 Å². The Morgan fingerprint density at radius 3 is 2.61 bits per heavy atom. The van der Waals surface area contributed by atoms with Crippen molar-refractivity contribution < 1.29 is 27.1 Å². The van der Waals surface area contributed by atoms with Crippen molar-refractivity contribution in [2.24, 2.45) is 0 Å². The number of ether oxygens (including phenoxy) is 1. The van der Waals surface area contributed by atoms with E-state index in [1.54, 1.807) is 0 Å². The molecule has 0 aromatic heterocycles. The zero-order valence-electron chi connectivity index (χ0n) is 9.05. The molecule has 8 heteroatoms. The number of nitrogens with one attached hydrogen (secondary N) is 1. The lowest BCUT2D eigenvalue weighted by Gasteiger charge is -2.08. The number of nitrogen functional groups attached to an aromatic ring is 1. The first kappa shape index (κ1) is 14.2. The zero-order chi connectivity index (χ0) is 13.8. The lowest BCUT2D eigenvalue weighted by molar-refractivity contribution is -0.174. The molecule has 3 N–H and O–H groups in total. The maximum absolute atomic E-state index is 12.8. The average molecular weight is 266 g/mol. The average Bonchev–Trinajstić information content (AvgIpc) is 2.21. The van der Waals surface area contributed by atoms with Gasteiger partial charge in [-0.25, -0.2) is 4.39 Å². The number of hydrogen-bond donors (Lipinski definition) is 2. The van der Waals surface area contributed by atoms with E-state index in [-0.39, 0.29) is 11.4 Å². The van der Waals surface area contributed by atoms with Crippen LogP contribution in [0.2, 0.25) is 0 Å². The second-order valence-electron chi connectivity index (χ2n) is 3.39. The Kier molecular flexibility index (Phi) is 4.49. The fourth-order valence-electron chi connectivity index (χ4n) is 1.08. The summed E-state index contributed by atoms with van der Waals surface area (Å²) in [5.41, 5.74) is 5.25. The van der Waals surface area contributed by atoms with Crippen LogP contribution in [0.1, 0.15) is 0 Å². The van der Waals surface area contributed by atoms with Gasteiger partial charge in [0.05, 0.1) is 5.69 Å². The van der Waals surface area contributed by atoms with Crippen molar-refractivity contribution in [3.8, 4) is 0 Å². The molecule has 1 rings (SSSR count). The number of carbonyl (C=O) groups excluding carboxylic acids is 1. The predicted molar refractivity (Wildman–Crippen MR) is 56.3 cm³/mol. The van der Waals surface area contributed by atoms with E-state index >= 15 is 0 Å². The van der Waals surface area contributed by atoms with Gasteiger partial charge < -0.3 is 15.8 Å². The standard InChI is InChI=1S/C10H10F4N2O2/c11-7-2-1-6(3-8(7)15)16-9(17)4-18-5-10(12,13)14/h1-3H,4-5,15H2,(H,16,17). The summed E-state index contributed by atoms with van der Waals surface area (Å²) in [7, 11) is 0. The van der Waals surface area contributed by atoms with E-state index in [0.717, 1.165) is 12.1 Å². The van der Waals surface area contributed by atoms with Crippen molar-refractivity contribution in [1.29, 1.82) is 0 Å². The highest BCUT2D eigenvalue weighted by molar-refractivity contribution is 5.92. The van der Waals surface area contributed by atoms with E-state index in [4.69, 9.17) is 5.73 Å². The summed E-state index contributed by atoms with van der Waals surface area (Å²) >= 11 is 0. The molecule has 0 aliphatic carbocycles. The Morgan fingerprint density at radius 1 is 1.39 bits per heavy atom. The first-order valence-electron chi connectivity index (χ1n) is 4.77. The maximum atomic E-state index is 12.8. The molecule has 0 unspecified atom stereocenters. The summed E-state index contributed by atoms with van der Waals surface area (Å²) in [5, 5.41) is 2.22. The largest absolute Gasteiger partial charge is 0.411 e. The number of hydrogen-bond acceptors (Lipinski definition) is 3. The molecule has 0 heterocycles. The number of nitrogens with two attached hydrogens (primary N) is 1. The Labute approximate surface area is 99.7 Å². The van der Waals surface area contributed by atoms with Crippen LogP contribution in [0.3, 0.4) is 0 Å². The first-order chi connectivity index (χ1) is 8.28. The van der Waals surface area contributed by atoms with E-state index in [9.17, 15) is 22.4 Å². The van der Waals surface area contributed by atoms with Crippen LogP contribution in [0.25, 0.3) is 0 Å². The molecular weight excluding hydrogens is 256 g/mol. The summed E-state index contributed by atoms with van der Waals surface area (Å²) < 4.78 is 52.1. The van der Waals surface area contributed by atoms with E-state index in [1.165, 1.54) is 6.07 Å². The van der Waals surface area contributed by atoms with E-state index in [1.807, 2.05) is 0 Å². The molecule has 0 fully saturated rings. The third kappa shape index (κ3) is 5.00. The molecule has 0 bridgehead atoms. The van der Waals surface area contributed by atoms with Crippen molar-refractivity contribution in [1.82, 2.24) is 0 Å². The van der Waals surface area contributed by atoms with Crippen LogP contribution in [0.4, 0.5) is 28.9 Å².